The van der Waals surface area contributed by atoms with E-state index in [4.69, 9.17) is 4.52 Å². The maximum atomic E-state index is 12.6. The molecule has 10 heteroatoms. The Hall–Kier alpha value is -3.95. The first kappa shape index (κ1) is 19.4. The average molecular weight is 408 g/mol. The van der Waals surface area contributed by atoms with E-state index < -0.39 is 17.1 Å². The molecule has 0 radical (unpaired) electrons. The van der Waals surface area contributed by atoms with Gasteiger partial charge in [-0.05, 0) is 11.6 Å². The van der Waals surface area contributed by atoms with Gasteiger partial charge in [0.1, 0.15) is 6.26 Å². The molecule has 0 aliphatic carbocycles. The SMILES string of the molecule is CN(Cc1cccc2c1cnn2C)c1nc(C(=O)Cc2cnoc2)c(O)c(=O)n1C. The van der Waals surface area contributed by atoms with Gasteiger partial charge in [-0.3, -0.25) is 18.8 Å². The second kappa shape index (κ2) is 7.47. The highest BCUT2D eigenvalue weighted by atomic mass is 16.5. The molecule has 0 aliphatic rings. The molecule has 154 valence electrons. The number of carbonyl (C=O) groups is 1. The van der Waals surface area contributed by atoms with Crippen LogP contribution in [-0.2, 0) is 27.1 Å². The number of benzene rings is 1. The van der Waals surface area contributed by atoms with Gasteiger partial charge in [0.25, 0.3) is 5.56 Å². The third-order valence-corrected chi connectivity index (χ3v) is 4.99. The van der Waals surface area contributed by atoms with E-state index in [1.165, 1.54) is 24.1 Å². The van der Waals surface area contributed by atoms with E-state index in [2.05, 4.69) is 15.2 Å². The average Bonchev–Trinajstić information content (AvgIpc) is 3.37. The molecule has 0 spiro atoms. The van der Waals surface area contributed by atoms with Crippen molar-refractivity contribution in [3.63, 3.8) is 0 Å². The number of aromatic nitrogens is 5. The van der Waals surface area contributed by atoms with Gasteiger partial charge in [0, 0.05) is 45.1 Å². The molecule has 4 aromatic rings. The molecule has 1 N–H and O–H groups in total. The van der Waals surface area contributed by atoms with Crippen molar-refractivity contribution in [2.75, 3.05) is 11.9 Å². The Balaban J connectivity index is 1.70. The van der Waals surface area contributed by atoms with Gasteiger partial charge in [0.2, 0.25) is 11.7 Å². The molecule has 0 unspecified atom stereocenters. The molecule has 10 nitrogen and oxygen atoms in total. The Bertz CT molecular complexity index is 1290. The minimum Gasteiger partial charge on any atom is -0.501 e. The van der Waals surface area contributed by atoms with Crippen LogP contribution in [-0.4, -0.2) is 42.4 Å². The highest BCUT2D eigenvalue weighted by Crippen LogP contribution is 2.22. The van der Waals surface area contributed by atoms with Crippen LogP contribution in [0.5, 0.6) is 5.75 Å². The summed E-state index contributed by atoms with van der Waals surface area (Å²) in [5.41, 5.74) is 1.53. The number of nitrogens with zero attached hydrogens (tertiary/aromatic N) is 6. The molecule has 0 saturated carbocycles. The van der Waals surface area contributed by atoms with Gasteiger partial charge in [-0.25, -0.2) is 4.98 Å². The maximum absolute atomic E-state index is 12.6. The van der Waals surface area contributed by atoms with Gasteiger partial charge in [-0.1, -0.05) is 17.3 Å². The molecular weight excluding hydrogens is 388 g/mol. The summed E-state index contributed by atoms with van der Waals surface area (Å²) >= 11 is 0. The monoisotopic (exact) mass is 408 g/mol. The lowest BCUT2D eigenvalue weighted by molar-refractivity contribution is 0.0984. The summed E-state index contributed by atoms with van der Waals surface area (Å²) in [6.07, 6.45) is 4.43. The lowest BCUT2D eigenvalue weighted by atomic mass is 10.1. The quantitative estimate of drug-likeness (QED) is 0.476. The Labute approximate surface area is 171 Å². The summed E-state index contributed by atoms with van der Waals surface area (Å²) in [4.78, 5) is 31.2. The number of Topliss-reactive ketones (excluding diaryl/α,β-unsaturated/α-hetero) is 1. The molecular formula is C20H20N6O4. The van der Waals surface area contributed by atoms with Crippen molar-refractivity contribution in [2.24, 2.45) is 14.1 Å². The van der Waals surface area contributed by atoms with Gasteiger partial charge in [-0.2, -0.15) is 5.10 Å². The van der Waals surface area contributed by atoms with Crippen molar-refractivity contribution in [3.8, 4) is 5.75 Å². The highest BCUT2D eigenvalue weighted by molar-refractivity contribution is 5.98. The van der Waals surface area contributed by atoms with Crippen LogP contribution in [0, 0.1) is 0 Å². The standard InChI is InChI=1S/C20H20N6O4/c1-24(10-13-5-4-6-15-14(13)9-21-26(15)3)20-23-17(18(28)19(29)25(20)2)16(27)7-12-8-22-30-11-12/h4-6,8-9,11,28H,7,10H2,1-3H3. The first-order valence-corrected chi connectivity index (χ1v) is 9.19. The van der Waals surface area contributed by atoms with Gasteiger partial charge in [0.15, 0.2) is 11.5 Å². The third kappa shape index (κ3) is 3.32. The van der Waals surface area contributed by atoms with Gasteiger partial charge in [0.05, 0.1) is 17.9 Å². The van der Waals surface area contributed by atoms with Crippen LogP contribution >= 0.6 is 0 Å². The summed E-state index contributed by atoms with van der Waals surface area (Å²) in [6.45, 7) is 0.424. The number of fused-ring (bicyclic) bond motifs is 1. The fourth-order valence-electron chi connectivity index (χ4n) is 3.40. The molecule has 3 heterocycles. The first-order chi connectivity index (χ1) is 14.4. The molecule has 0 atom stereocenters. The predicted molar refractivity (Wildman–Crippen MR) is 109 cm³/mol. The van der Waals surface area contributed by atoms with Crippen LogP contribution < -0.4 is 10.5 Å². The topological polar surface area (TPSA) is 119 Å². The van der Waals surface area contributed by atoms with Crippen LogP contribution in [0.4, 0.5) is 5.95 Å². The summed E-state index contributed by atoms with van der Waals surface area (Å²) in [6, 6.07) is 5.88. The van der Waals surface area contributed by atoms with Gasteiger partial charge >= 0.3 is 0 Å². The predicted octanol–water partition coefficient (Wildman–Crippen LogP) is 1.42. The van der Waals surface area contributed by atoms with E-state index in [0.717, 1.165) is 16.5 Å². The largest absolute Gasteiger partial charge is 0.501 e. The van der Waals surface area contributed by atoms with E-state index in [1.54, 1.807) is 22.8 Å². The van der Waals surface area contributed by atoms with Gasteiger partial charge in [-0.15, -0.1) is 0 Å². The number of aryl methyl sites for hydroxylation is 1. The van der Waals surface area contributed by atoms with Crippen molar-refractivity contribution < 1.29 is 14.4 Å². The zero-order chi connectivity index (χ0) is 21.4. The van der Waals surface area contributed by atoms with Crippen molar-refractivity contribution in [1.82, 2.24) is 24.5 Å². The molecule has 0 amide bonds. The second-order valence-electron chi connectivity index (χ2n) is 7.08. The Morgan fingerprint density at radius 1 is 1.27 bits per heavy atom. The van der Waals surface area contributed by atoms with Crippen molar-refractivity contribution >= 4 is 22.6 Å². The van der Waals surface area contributed by atoms with Crippen LogP contribution in [0.25, 0.3) is 10.9 Å². The Morgan fingerprint density at radius 3 is 2.80 bits per heavy atom. The van der Waals surface area contributed by atoms with E-state index in [1.807, 2.05) is 25.2 Å². The van der Waals surface area contributed by atoms with Crippen LogP contribution in [0.2, 0.25) is 0 Å². The van der Waals surface area contributed by atoms with Gasteiger partial charge < -0.3 is 14.5 Å². The number of hydrogen-bond donors (Lipinski definition) is 1. The molecule has 0 aliphatic heterocycles. The highest BCUT2D eigenvalue weighted by Gasteiger charge is 2.22. The molecule has 3 aromatic heterocycles. The minimum absolute atomic E-state index is 0.0879. The summed E-state index contributed by atoms with van der Waals surface area (Å²) in [5.74, 6) is -0.921. The Morgan fingerprint density at radius 2 is 2.07 bits per heavy atom. The van der Waals surface area contributed by atoms with Crippen molar-refractivity contribution in [3.05, 3.63) is 64.0 Å². The number of ketones is 1. The number of rotatable bonds is 6. The Kier molecular flexibility index (Phi) is 4.82. The molecule has 0 fully saturated rings. The second-order valence-corrected chi connectivity index (χ2v) is 7.08. The third-order valence-electron chi connectivity index (χ3n) is 4.99. The summed E-state index contributed by atoms with van der Waals surface area (Å²) in [5, 5.41) is 19.1. The molecule has 0 bridgehead atoms. The zero-order valence-corrected chi connectivity index (χ0v) is 16.7. The molecule has 1 aromatic carbocycles. The van der Waals surface area contributed by atoms with E-state index in [9.17, 15) is 14.7 Å². The smallest absolute Gasteiger partial charge is 0.297 e. The van der Waals surface area contributed by atoms with Crippen molar-refractivity contribution in [2.45, 2.75) is 13.0 Å². The lowest BCUT2D eigenvalue weighted by Gasteiger charge is -2.22. The van der Waals surface area contributed by atoms with Crippen molar-refractivity contribution in [1.29, 1.82) is 0 Å². The summed E-state index contributed by atoms with van der Waals surface area (Å²) < 4.78 is 7.73. The number of carbonyl (C=O) groups excluding carboxylic acids is 1. The van der Waals surface area contributed by atoms with E-state index in [0.29, 0.717) is 12.1 Å². The number of aromatic hydroxyl groups is 1. The normalized spacial score (nSPS) is 11.2. The molecule has 4 rings (SSSR count). The van der Waals surface area contributed by atoms with Crippen LogP contribution in [0.15, 0.2) is 46.2 Å². The fourth-order valence-corrected chi connectivity index (χ4v) is 3.40. The fraction of sp³-hybridized carbons (Fsp3) is 0.250. The number of anilines is 1. The van der Waals surface area contributed by atoms with Crippen LogP contribution in [0.3, 0.4) is 0 Å². The van der Waals surface area contributed by atoms with Crippen LogP contribution in [0.1, 0.15) is 21.6 Å². The van der Waals surface area contributed by atoms with E-state index in [-0.39, 0.29) is 18.1 Å². The number of hydrogen-bond acceptors (Lipinski definition) is 8. The summed E-state index contributed by atoms with van der Waals surface area (Å²) in [7, 11) is 5.14. The zero-order valence-electron chi connectivity index (χ0n) is 16.7. The molecule has 30 heavy (non-hydrogen) atoms. The maximum Gasteiger partial charge on any atom is 0.297 e. The lowest BCUT2D eigenvalue weighted by Crippen LogP contribution is -2.30. The minimum atomic E-state index is -0.694. The molecule has 0 saturated heterocycles. The van der Waals surface area contributed by atoms with E-state index >= 15 is 0 Å². The first-order valence-electron chi connectivity index (χ1n) is 9.19.